The highest BCUT2D eigenvalue weighted by molar-refractivity contribution is 6.41. The van der Waals surface area contributed by atoms with Gasteiger partial charge in [0.05, 0.1) is 16.9 Å². The number of rotatable bonds is 4. The molecule has 1 aliphatic carbocycles. The number of ether oxygens (including phenoxy) is 1. The second-order valence-electron chi connectivity index (χ2n) is 9.12. The quantitative estimate of drug-likeness (QED) is 0.191. The van der Waals surface area contributed by atoms with E-state index in [-0.39, 0.29) is 17.1 Å². The number of benzene rings is 4. The molecule has 0 atom stereocenters. The van der Waals surface area contributed by atoms with Crippen LogP contribution in [0, 0.1) is 6.92 Å². The van der Waals surface area contributed by atoms with Crippen LogP contribution in [0.25, 0.3) is 18.2 Å². The molecule has 178 valence electrons. The van der Waals surface area contributed by atoms with Gasteiger partial charge in [-0.1, -0.05) is 61.2 Å². The molecule has 0 saturated heterocycles. The first-order chi connectivity index (χ1) is 18.0. The van der Waals surface area contributed by atoms with Crippen LogP contribution in [0.15, 0.2) is 97.6 Å². The highest BCUT2D eigenvalue weighted by Gasteiger charge is 2.34. The molecule has 4 nitrogen and oxygen atoms in total. The van der Waals surface area contributed by atoms with Crippen molar-refractivity contribution in [3.8, 4) is 11.5 Å². The van der Waals surface area contributed by atoms with E-state index in [0.717, 1.165) is 33.9 Å². The van der Waals surface area contributed by atoms with Crippen molar-refractivity contribution >= 4 is 46.9 Å². The summed E-state index contributed by atoms with van der Waals surface area (Å²) in [5, 5.41) is 0. The molecule has 0 unspecified atom stereocenters. The van der Waals surface area contributed by atoms with Gasteiger partial charge in [-0.25, -0.2) is 0 Å². The summed E-state index contributed by atoms with van der Waals surface area (Å²) < 4.78 is 6.27. The molecular weight excluding hydrogens is 458 g/mol. The lowest BCUT2D eigenvalue weighted by molar-refractivity contribution is 0.0990. The van der Waals surface area contributed by atoms with Crippen LogP contribution < -0.4 is 9.64 Å². The summed E-state index contributed by atoms with van der Waals surface area (Å²) in [5.41, 5.74) is 7.19. The second kappa shape index (κ2) is 8.61. The van der Waals surface area contributed by atoms with Crippen LogP contribution in [0.4, 0.5) is 17.1 Å². The SMILES string of the molecule is C=Cc1cc2c(cc1C=C)C(=O)C(=Cc1ccc3c(c1)Oc1ccccc1N3c1ccc(C)cc1)C2=O. The van der Waals surface area contributed by atoms with Crippen molar-refractivity contribution in [1.82, 2.24) is 0 Å². The maximum absolute atomic E-state index is 13.2. The molecular formula is C33H23NO3. The first-order valence-corrected chi connectivity index (χ1v) is 12.0. The molecule has 1 heterocycles. The first kappa shape index (κ1) is 22.5. The van der Waals surface area contributed by atoms with Crippen molar-refractivity contribution in [2.45, 2.75) is 6.92 Å². The van der Waals surface area contributed by atoms with Gasteiger partial charge in [-0.3, -0.25) is 9.59 Å². The molecule has 1 aliphatic heterocycles. The highest BCUT2D eigenvalue weighted by Crippen LogP contribution is 2.50. The van der Waals surface area contributed by atoms with E-state index in [1.165, 1.54) is 5.56 Å². The number of anilines is 3. The highest BCUT2D eigenvalue weighted by atomic mass is 16.5. The Balaban J connectivity index is 1.43. The summed E-state index contributed by atoms with van der Waals surface area (Å²) in [7, 11) is 0. The third kappa shape index (κ3) is 3.62. The summed E-state index contributed by atoms with van der Waals surface area (Å²) in [6, 6.07) is 25.4. The fourth-order valence-corrected chi connectivity index (χ4v) is 4.89. The Morgan fingerprint density at radius 3 is 2.00 bits per heavy atom. The molecule has 0 N–H and O–H groups in total. The van der Waals surface area contributed by atoms with E-state index in [0.29, 0.717) is 22.4 Å². The maximum atomic E-state index is 13.2. The number of hydrogen-bond acceptors (Lipinski definition) is 4. The minimum atomic E-state index is -0.288. The number of Topliss-reactive ketones (excluding diaryl/α,β-unsaturated/α-hetero) is 2. The van der Waals surface area contributed by atoms with Gasteiger partial charge in [-0.15, -0.1) is 0 Å². The maximum Gasteiger partial charge on any atom is 0.197 e. The Kier molecular flexibility index (Phi) is 5.24. The molecule has 6 rings (SSSR count). The predicted octanol–water partition coefficient (Wildman–Crippen LogP) is 8.32. The third-order valence-electron chi connectivity index (χ3n) is 6.80. The molecule has 0 bridgehead atoms. The summed E-state index contributed by atoms with van der Waals surface area (Å²) in [6.07, 6.45) is 4.97. The molecule has 37 heavy (non-hydrogen) atoms. The molecule has 0 fully saturated rings. The summed E-state index contributed by atoms with van der Waals surface area (Å²) >= 11 is 0. The number of fused-ring (bicyclic) bond motifs is 3. The zero-order chi connectivity index (χ0) is 25.7. The van der Waals surface area contributed by atoms with Crippen molar-refractivity contribution in [3.05, 3.63) is 131 Å². The number of carbonyl (C=O) groups excluding carboxylic acids is 2. The van der Waals surface area contributed by atoms with Gasteiger partial charge in [0.1, 0.15) is 0 Å². The topological polar surface area (TPSA) is 46.6 Å². The molecule has 0 aromatic heterocycles. The number of aryl methyl sites for hydroxylation is 1. The van der Waals surface area contributed by atoms with E-state index in [2.05, 4.69) is 49.2 Å². The monoisotopic (exact) mass is 481 g/mol. The van der Waals surface area contributed by atoms with E-state index < -0.39 is 0 Å². The van der Waals surface area contributed by atoms with Crippen LogP contribution in [0.1, 0.15) is 43.0 Å². The van der Waals surface area contributed by atoms with E-state index in [9.17, 15) is 9.59 Å². The van der Waals surface area contributed by atoms with Crippen molar-refractivity contribution in [3.63, 3.8) is 0 Å². The molecule has 2 aliphatic rings. The van der Waals surface area contributed by atoms with E-state index in [1.54, 1.807) is 30.4 Å². The van der Waals surface area contributed by atoms with Crippen molar-refractivity contribution in [1.29, 1.82) is 0 Å². The Hall–Kier alpha value is -4.96. The van der Waals surface area contributed by atoms with Gasteiger partial charge in [-0.05, 0) is 78.2 Å². The van der Waals surface area contributed by atoms with Gasteiger partial charge in [0, 0.05) is 16.8 Å². The summed E-state index contributed by atoms with van der Waals surface area (Å²) in [5.74, 6) is 0.801. The number of ketones is 2. The Morgan fingerprint density at radius 2 is 1.35 bits per heavy atom. The van der Waals surface area contributed by atoms with Gasteiger partial charge < -0.3 is 9.64 Å². The average Bonchev–Trinajstić information content (AvgIpc) is 3.15. The lowest BCUT2D eigenvalue weighted by Gasteiger charge is -2.33. The minimum Gasteiger partial charge on any atom is -0.453 e. The lowest BCUT2D eigenvalue weighted by Crippen LogP contribution is -2.15. The van der Waals surface area contributed by atoms with Crippen LogP contribution >= 0.6 is 0 Å². The molecule has 4 aromatic carbocycles. The average molecular weight is 482 g/mol. The van der Waals surface area contributed by atoms with Crippen molar-refractivity contribution < 1.29 is 14.3 Å². The van der Waals surface area contributed by atoms with Crippen molar-refractivity contribution in [2.75, 3.05) is 4.90 Å². The van der Waals surface area contributed by atoms with Crippen LogP contribution in [0.2, 0.25) is 0 Å². The first-order valence-electron chi connectivity index (χ1n) is 12.0. The largest absolute Gasteiger partial charge is 0.453 e. The third-order valence-corrected chi connectivity index (χ3v) is 6.80. The zero-order valence-corrected chi connectivity index (χ0v) is 20.3. The Labute approximate surface area is 215 Å². The normalized spacial score (nSPS) is 13.4. The van der Waals surface area contributed by atoms with Gasteiger partial charge in [0.25, 0.3) is 0 Å². The van der Waals surface area contributed by atoms with Crippen molar-refractivity contribution in [2.24, 2.45) is 0 Å². The van der Waals surface area contributed by atoms with E-state index in [4.69, 9.17) is 4.74 Å². The van der Waals surface area contributed by atoms with Crippen LogP contribution in [-0.4, -0.2) is 11.6 Å². The van der Waals surface area contributed by atoms with Crippen LogP contribution in [-0.2, 0) is 0 Å². The zero-order valence-electron chi connectivity index (χ0n) is 20.3. The summed E-state index contributed by atoms with van der Waals surface area (Å²) in [6.45, 7) is 9.68. The smallest absolute Gasteiger partial charge is 0.197 e. The van der Waals surface area contributed by atoms with Gasteiger partial charge in [-0.2, -0.15) is 0 Å². The molecule has 0 saturated carbocycles. The Bertz CT molecular complexity index is 1630. The van der Waals surface area contributed by atoms with Gasteiger partial charge in [0.15, 0.2) is 23.1 Å². The van der Waals surface area contributed by atoms with E-state index >= 15 is 0 Å². The Morgan fingerprint density at radius 1 is 0.730 bits per heavy atom. The molecule has 0 radical (unpaired) electrons. The number of hydrogen-bond donors (Lipinski definition) is 0. The van der Waals surface area contributed by atoms with Crippen LogP contribution in [0.3, 0.4) is 0 Å². The predicted molar refractivity (Wildman–Crippen MR) is 149 cm³/mol. The number of para-hydroxylation sites is 2. The fourth-order valence-electron chi connectivity index (χ4n) is 4.89. The lowest BCUT2D eigenvalue weighted by atomic mass is 9.99. The standard InChI is InChI=1S/C33H23NO3/c1-4-22-18-25-26(19-23(22)5-2)33(36)27(32(25)35)16-21-12-15-29-31(17-21)37-30-9-7-6-8-28(30)34(29)24-13-10-20(3)11-14-24/h4-19H,1-2H2,3H3. The number of carbonyl (C=O) groups is 2. The minimum absolute atomic E-state index is 0.137. The molecule has 0 spiro atoms. The van der Waals surface area contributed by atoms with Gasteiger partial charge >= 0.3 is 0 Å². The number of nitrogens with zero attached hydrogens (tertiary/aromatic N) is 1. The number of allylic oxidation sites excluding steroid dienone is 1. The van der Waals surface area contributed by atoms with E-state index in [1.807, 2.05) is 42.5 Å². The molecule has 4 aromatic rings. The summed E-state index contributed by atoms with van der Waals surface area (Å²) in [4.78, 5) is 28.6. The molecule has 4 heteroatoms. The fraction of sp³-hybridized carbons (Fsp3) is 0.0303. The van der Waals surface area contributed by atoms with Gasteiger partial charge in [0.2, 0.25) is 0 Å². The second-order valence-corrected chi connectivity index (χ2v) is 9.12. The van der Waals surface area contributed by atoms with Crippen LogP contribution in [0.5, 0.6) is 11.5 Å². The molecule has 0 amide bonds.